The molecule has 0 radical (unpaired) electrons. The molecule has 1 N–H and O–H groups in total. The van der Waals surface area contributed by atoms with E-state index in [-0.39, 0.29) is 11.9 Å². The maximum atomic E-state index is 13.8. The van der Waals surface area contributed by atoms with Crippen molar-refractivity contribution >= 4 is 0 Å². The van der Waals surface area contributed by atoms with Gasteiger partial charge in [-0.2, -0.15) is 0 Å². The molecule has 1 atom stereocenters. The molecule has 1 unspecified atom stereocenters. The second-order valence-corrected chi connectivity index (χ2v) is 4.69. The van der Waals surface area contributed by atoms with Gasteiger partial charge >= 0.3 is 0 Å². The summed E-state index contributed by atoms with van der Waals surface area (Å²) in [7, 11) is 1.81. The van der Waals surface area contributed by atoms with Gasteiger partial charge in [0.05, 0.1) is 6.61 Å². The van der Waals surface area contributed by atoms with Gasteiger partial charge in [0, 0.05) is 11.6 Å². The third kappa shape index (κ3) is 4.00. The zero-order chi connectivity index (χ0) is 12.8. The van der Waals surface area contributed by atoms with E-state index in [1.54, 1.807) is 6.07 Å². The Bertz CT molecular complexity index is 352. The Morgan fingerprint density at radius 1 is 1.29 bits per heavy atom. The molecule has 96 valence electrons. The van der Waals surface area contributed by atoms with Crippen molar-refractivity contribution < 1.29 is 9.13 Å². The summed E-state index contributed by atoms with van der Waals surface area (Å²) in [5, 5.41) is 3.04. The number of hydrogen-bond acceptors (Lipinski definition) is 2. The van der Waals surface area contributed by atoms with Gasteiger partial charge < -0.3 is 10.1 Å². The molecule has 0 saturated heterocycles. The van der Waals surface area contributed by atoms with E-state index in [1.165, 1.54) is 6.07 Å². The van der Waals surface area contributed by atoms with Crippen LogP contribution in [-0.2, 0) is 0 Å². The minimum Gasteiger partial charge on any atom is -0.493 e. The van der Waals surface area contributed by atoms with Gasteiger partial charge in [-0.1, -0.05) is 19.9 Å². The highest BCUT2D eigenvalue weighted by Gasteiger charge is 2.15. The second-order valence-electron chi connectivity index (χ2n) is 4.69. The van der Waals surface area contributed by atoms with Crippen molar-refractivity contribution in [3.8, 4) is 5.75 Å². The summed E-state index contributed by atoms with van der Waals surface area (Å²) in [5.41, 5.74) is 0.610. The summed E-state index contributed by atoms with van der Waals surface area (Å²) in [5.74, 6) is 1.02. The lowest BCUT2D eigenvalue weighted by Crippen LogP contribution is -2.16. The summed E-state index contributed by atoms with van der Waals surface area (Å²) in [6.45, 7) is 6.84. The predicted molar refractivity (Wildman–Crippen MR) is 68.8 cm³/mol. The highest BCUT2D eigenvalue weighted by Crippen LogP contribution is 2.27. The molecule has 0 saturated carbocycles. The molecule has 0 fully saturated rings. The van der Waals surface area contributed by atoms with Gasteiger partial charge in [0.25, 0.3) is 0 Å². The van der Waals surface area contributed by atoms with Crippen LogP contribution >= 0.6 is 0 Å². The van der Waals surface area contributed by atoms with Gasteiger partial charge in [-0.15, -0.1) is 0 Å². The van der Waals surface area contributed by atoms with Crippen molar-refractivity contribution in [2.24, 2.45) is 5.92 Å². The van der Waals surface area contributed by atoms with Gasteiger partial charge in [-0.05, 0) is 38.4 Å². The Labute approximate surface area is 103 Å². The summed E-state index contributed by atoms with van der Waals surface area (Å²) >= 11 is 0. The van der Waals surface area contributed by atoms with Crippen molar-refractivity contribution in [1.29, 1.82) is 0 Å². The molecular formula is C14H22FNO. The zero-order valence-corrected chi connectivity index (χ0v) is 11.1. The van der Waals surface area contributed by atoms with E-state index in [0.717, 1.165) is 6.42 Å². The van der Waals surface area contributed by atoms with E-state index in [2.05, 4.69) is 19.2 Å². The van der Waals surface area contributed by atoms with Crippen molar-refractivity contribution in [3.05, 3.63) is 29.6 Å². The number of halogens is 1. The van der Waals surface area contributed by atoms with E-state index < -0.39 is 0 Å². The Morgan fingerprint density at radius 2 is 2.00 bits per heavy atom. The Balaban J connectivity index is 2.80. The fourth-order valence-corrected chi connectivity index (χ4v) is 1.61. The largest absolute Gasteiger partial charge is 0.493 e. The van der Waals surface area contributed by atoms with Gasteiger partial charge in [0.15, 0.2) is 0 Å². The van der Waals surface area contributed by atoms with Crippen LogP contribution in [0.25, 0.3) is 0 Å². The van der Waals surface area contributed by atoms with Gasteiger partial charge in [-0.3, -0.25) is 0 Å². The first-order valence-electron chi connectivity index (χ1n) is 6.14. The molecular weight excluding hydrogens is 217 g/mol. The van der Waals surface area contributed by atoms with Gasteiger partial charge in [0.1, 0.15) is 11.6 Å². The smallest absolute Gasteiger partial charge is 0.131 e. The lowest BCUT2D eigenvalue weighted by atomic mass is 10.1. The molecule has 3 heteroatoms. The normalized spacial score (nSPS) is 12.8. The average Bonchev–Trinajstić information content (AvgIpc) is 2.28. The van der Waals surface area contributed by atoms with Crippen molar-refractivity contribution in [2.75, 3.05) is 13.7 Å². The van der Waals surface area contributed by atoms with Crippen LogP contribution < -0.4 is 10.1 Å². The molecule has 0 amide bonds. The lowest BCUT2D eigenvalue weighted by molar-refractivity contribution is 0.282. The minimum atomic E-state index is -0.214. The summed E-state index contributed by atoms with van der Waals surface area (Å²) < 4.78 is 19.4. The molecule has 0 aromatic heterocycles. The Morgan fingerprint density at radius 3 is 2.59 bits per heavy atom. The van der Waals surface area contributed by atoms with Gasteiger partial charge in [-0.25, -0.2) is 4.39 Å². The molecule has 0 aliphatic carbocycles. The molecule has 0 bridgehead atoms. The summed E-state index contributed by atoms with van der Waals surface area (Å²) in [6, 6.07) is 4.93. The third-order valence-corrected chi connectivity index (χ3v) is 2.83. The first-order chi connectivity index (χ1) is 8.06. The number of rotatable bonds is 6. The molecule has 0 heterocycles. The van der Waals surface area contributed by atoms with Crippen molar-refractivity contribution in [2.45, 2.75) is 33.2 Å². The molecule has 0 spiro atoms. The van der Waals surface area contributed by atoms with E-state index in [1.807, 2.05) is 20.0 Å². The van der Waals surface area contributed by atoms with E-state index >= 15 is 0 Å². The van der Waals surface area contributed by atoms with Crippen LogP contribution in [0.3, 0.4) is 0 Å². The minimum absolute atomic E-state index is 0.0507. The standard InChI is InChI=1S/C14H22FNO/c1-10(2)8-9-17-13-7-5-6-12(15)14(13)11(3)16-4/h5-7,10-11,16H,8-9H2,1-4H3. The van der Waals surface area contributed by atoms with Gasteiger partial charge in [0.2, 0.25) is 0 Å². The highest BCUT2D eigenvalue weighted by atomic mass is 19.1. The molecule has 0 aliphatic rings. The molecule has 2 nitrogen and oxygen atoms in total. The zero-order valence-electron chi connectivity index (χ0n) is 11.1. The second kappa shape index (κ2) is 6.60. The van der Waals surface area contributed by atoms with Crippen molar-refractivity contribution in [3.63, 3.8) is 0 Å². The number of benzene rings is 1. The number of hydrogen-bond donors (Lipinski definition) is 1. The summed E-state index contributed by atoms with van der Waals surface area (Å²) in [4.78, 5) is 0. The van der Waals surface area contributed by atoms with Crippen LogP contribution in [-0.4, -0.2) is 13.7 Å². The fraction of sp³-hybridized carbons (Fsp3) is 0.571. The van der Waals surface area contributed by atoms with E-state index in [9.17, 15) is 4.39 Å². The SMILES string of the molecule is CNC(C)c1c(F)cccc1OCCC(C)C. The third-order valence-electron chi connectivity index (χ3n) is 2.83. The van der Waals surface area contributed by atoms with Crippen LogP contribution in [0.4, 0.5) is 4.39 Å². The fourth-order valence-electron chi connectivity index (χ4n) is 1.61. The first-order valence-corrected chi connectivity index (χ1v) is 6.14. The molecule has 1 aromatic carbocycles. The maximum Gasteiger partial charge on any atom is 0.131 e. The maximum absolute atomic E-state index is 13.8. The molecule has 17 heavy (non-hydrogen) atoms. The highest BCUT2D eigenvalue weighted by molar-refractivity contribution is 5.36. The summed E-state index contributed by atoms with van der Waals surface area (Å²) in [6.07, 6.45) is 0.976. The lowest BCUT2D eigenvalue weighted by Gasteiger charge is -2.17. The number of ether oxygens (including phenoxy) is 1. The van der Waals surface area contributed by atoms with Crippen LogP contribution in [0.2, 0.25) is 0 Å². The molecule has 0 aliphatic heterocycles. The number of nitrogens with one attached hydrogen (secondary N) is 1. The van der Waals surface area contributed by atoms with Crippen molar-refractivity contribution in [1.82, 2.24) is 5.32 Å². The van der Waals surface area contributed by atoms with Crippen LogP contribution in [0.5, 0.6) is 5.75 Å². The Kier molecular flexibility index (Phi) is 5.42. The van der Waals surface area contributed by atoms with Crippen LogP contribution in [0, 0.1) is 11.7 Å². The molecule has 1 aromatic rings. The topological polar surface area (TPSA) is 21.3 Å². The predicted octanol–water partition coefficient (Wildman–Crippen LogP) is 3.53. The molecule has 1 rings (SSSR count). The van der Waals surface area contributed by atoms with Crippen LogP contribution in [0.1, 0.15) is 38.8 Å². The van der Waals surface area contributed by atoms with E-state index in [4.69, 9.17) is 4.74 Å². The first kappa shape index (κ1) is 14.0. The average molecular weight is 239 g/mol. The monoisotopic (exact) mass is 239 g/mol. The van der Waals surface area contributed by atoms with E-state index in [0.29, 0.717) is 23.8 Å². The Hall–Kier alpha value is -1.09. The van der Waals surface area contributed by atoms with Crippen LogP contribution in [0.15, 0.2) is 18.2 Å². The quantitative estimate of drug-likeness (QED) is 0.820.